The standard InChI is InChI=1S/C28H21ClN4O2/c29-20-6-11-23-24(17-20)33-28(35)26(23)27(19-4-2-1-3-5-19)32-22-9-7-21(8-10-22)31-25(34)16-18-12-14-30-15-13-18/h1-15,17,32H,16H2,(H,31,34)(H,33,35). The van der Waals surface area contributed by atoms with E-state index < -0.39 is 0 Å². The summed E-state index contributed by atoms with van der Waals surface area (Å²) in [5.74, 6) is -0.310. The van der Waals surface area contributed by atoms with E-state index in [9.17, 15) is 9.59 Å². The van der Waals surface area contributed by atoms with E-state index in [4.69, 9.17) is 11.6 Å². The van der Waals surface area contributed by atoms with Crippen molar-refractivity contribution < 1.29 is 9.59 Å². The van der Waals surface area contributed by atoms with E-state index in [-0.39, 0.29) is 18.2 Å². The molecule has 2 heterocycles. The van der Waals surface area contributed by atoms with Crippen LogP contribution in [-0.2, 0) is 16.0 Å². The Morgan fingerprint density at radius 1 is 0.857 bits per heavy atom. The number of pyridine rings is 1. The van der Waals surface area contributed by atoms with Crippen LogP contribution < -0.4 is 16.0 Å². The number of carbonyl (C=O) groups excluding carboxylic acids is 2. The molecule has 0 spiro atoms. The van der Waals surface area contributed by atoms with Crippen molar-refractivity contribution in [3.05, 3.63) is 119 Å². The van der Waals surface area contributed by atoms with Crippen molar-refractivity contribution in [2.75, 3.05) is 16.0 Å². The second-order valence-electron chi connectivity index (χ2n) is 8.04. The van der Waals surface area contributed by atoms with Gasteiger partial charge in [0, 0.05) is 34.4 Å². The Kier molecular flexibility index (Phi) is 6.28. The quantitative estimate of drug-likeness (QED) is 0.302. The average molecular weight is 481 g/mol. The fourth-order valence-corrected chi connectivity index (χ4v) is 4.12. The number of hydrogen-bond donors (Lipinski definition) is 3. The van der Waals surface area contributed by atoms with Gasteiger partial charge in [-0.1, -0.05) is 48.0 Å². The van der Waals surface area contributed by atoms with E-state index in [1.807, 2.05) is 72.8 Å². The molecule has 0 fully saturated rings. The summed E-state index contributed by atoms with van der Waals surface area (Å²) in [6.45, 7) is 0. The van der Waals surface area contributed by atoms with Gasteiger partial charge >= 0.3 is 0 Å². The fourth-order valence-electron chi connectivity index (χ4n) is 3.95. The molecule has 1 aliphatic heterocycles. The second-order valence-corrected chi connectivity index (χ2v) is 8.48. The van der Waals surface area contributed by atoms with E-state index in [1.165, 1.54) is 0 Å². The van der Waals surface area contributed by atoms with Crippen LogP contribution in [0.4, 0.5) is 17.1 Å². The van der Waals surface area contributed by atoms with Crippen LogP contribution in [0.25, 0.3) is 11.3 Å². The Labute approximate surface area is 207 Å². The molecule has 2 amide bonds. The molecule has 5 rings (SSSR count). The second kappa shape index (κ2) is 9.83. The zero-order valence-electron chi connectivity index (χ0n) is 18.6. The predicted octanol–water partition coefficient (Wildman–Crippen LogP) is 5.85. The van der Waals surface area contributed by atoms with Gasteiger partial charge in [0.2, 0.25) is 5.91 Å². The van der Waals surface area contributed by atoms with Crippen LogP contribution in [-0.4, -0.2) is 16.8 Å². The first-order valence-corrected chi connectivity index (χ1v) is 11.4. The van der Waals surface area contributed by atoms with Crippen LogP contribution in [0.2, 0.25) is 5.02 Å². The van der Waals surface area contributed by atoms with Gasteiger partial charge in [0.25, 0.3) is 5.91 Å². The minimum Gasteiger partial charge on any atom is -0.354 e. The first-order valence-electron chi connectivity index (χ1n) is 11.0. The lowest BCUT2D eigenvalue weighted by Gasteiger charge is -2.15. The number of nitrogens with zero attached hydrogens (tertiary/aromatic N) is 1. The van der Waals surface area contributed by atoms with Crippen LogP contribution in [0.5, 0.6) is 0 Å². The van der Waals surface area contributed by atoms with Crippen molar-refractivity contribution in [2.45, 2.75) is 6.42 Å². The van der Waals surface area contributed by atoms with Crippen molar-refractivity contribution >= 4 is 51.7 Å². The molecule has 3 N–H and O–H groups in total. The highest BCUT2D eigenvalue weighted by Gasteiger charge is 2.28. The molecule has 0 saturated carbocycles. The van der Waals surface area contributed by atoms with Crippen molar-refractivity contribution in [1.82, 2.24) is 4.98 Å². The van der Waals surface area contributed by atoms with Crippen LogP contribution >= 0.6 is 11.6 Å². The molecule has 0 unspecified atom stereocenters. The summed E-state index contributed by atoms with van der Waals surface area (Å²) < 4.78 is 0. The Hall–Kier alpha value is -4.42. The summed E-state index contributed by atoms with van der Waals surface area (Å²) >= 11 is 6.13. The number of halogens is 1. The number of nitrogens with one attached hydrogen (secondary N) is 3. The minimum absolute atomic E-state index is 0.109. The Bertz CT molecular complexity index is 1420. The van der Waals surface area contributed by atoms with Crippen LogP contribution in [0, 0.1) is 0 Å². The van der Waals surface area contributed by atoms with E-state index in [0.717, 1.165) is 22.4 Å². The number of rotatable bonds is 6. The number of aromatic nitrogens is 1. The SMILES string of the molecule is O=C(Cc1ccncc1)Nc1ccc(NC(=C2C(=O)Nc3cc(Cl)ccc32)c2ccccc2)cc1. The molecule has 172 valence electrons. The number of amides is 2. The molecule has 0 radical (unpaired) electrons. The maximum atomic E-state index is 13.0. The highest BCUT2D eigenvalue weighted by atomic mass is 35.5. The molecule has 0 aliphatic carbocycles. The smallest absolute Gasteiger partial charge is 0.258 e. The molecular formula is C28H21ClN4O2. The van der Waals surface area contributed by atoms with E-state index in [2.05, 4.69) is 20.9 Å². The molecule has 4 aromatic rings. The van der Waals surface area contributed by atoms with Crippen LogP contribution in [0.3, 0.4) is 0 Å². The van der Waals surface area contributed by atoms with Gasteiger partial charge in [-0.25, -0.2) is 0 Å². The van der Waals surface area contributed by atoms with Crippen molar-refractivity contribution in [2.24, 2.45) is 0 Å². The van der Waals surface area contributed by atoms with Crippen molar-refractivity contribution in [3.8, 4) is 0 Å². The van der Waals surface area contributed by atoms with Gasteiger partial charge in [-0.05, 0) is 59.7 Å². The summed E-state index contributed by atoms with van der Waals surface area (Å²) in [4.78, 5) is 29.3. The lowest BCUT2D eigenvalue weighted by Crippen LogP contribution is -2.14. The molecule has 0 saturated heterocycles. The first kappa shape index (κ1) is 22.4. The molecule has 7 heteroatoms. The number of carbonyl (C=O) groups is 2. The van der Waals surface area contributed by atoms with E-state index in [0.29, 0.717) is 27.7 Å². The van der Waals surface area contributed by atoms with Crippen LogP contribution in [0.15, 0.2) is 97.3 Å². The fraction of sp³-hybridized carbons (Fsp3) is 0.0357. The molecule has 0 atom stereocenters. The Morgan fingerprint density at radius 3 is 2.26 bits per heavy atom. The van der Waals surface area contributed by atoms with Gasteiger partial charge in [0.1, 0.15) is 0 Å². The molecular weight excluding hydrogens is 460 g/mol. The third kappa shape index (κ3) is 5.08. The molecule has 0 bridgehead atoms. The highest BCUT2D eigenvalue weighted by molar-refractivity contribution is 6.38. The summed E-state index contributed by atoms with van der Waals surface area (Å²) in [5, 5.41) is 9.78. The topological polar surface area (TPSA) is 83.1 Å². The summed E-state index contributed by atoms with van der Waals surface area (Å²) in [6.07, 6.45) is 3.60. The van der Waals surface area contributed by atoms with Crippen molar-refractivity contribution in [3.63, 3.8) is 0 Å². The van der Waals surface area contributed by atoms with Gasteiger partial charge in [-0.3, -0.25) is 14.6 Å². The third-order valence-electron chi connectivity index (χ3n) is 5.59. The molecule has 6 nitrogen and oxygen atoms in total. The van der Waals surface area contributed by atoms with E-state index in [1.54, 1.807) is 24.5 Å². The summed E-state index contributed by atoms with van der Waals surface area (Å²) in [7, 11) is 0. The van der Waals surface area contributed by atoms with E-state index >= 15 is 0 Å². The highest BCUT2D eigenvalue weighted by Crippen LogP contribution is 2.38. The monoisotopic (exact) mass is 480 g/mol. The number of fused-ring (bicyclic) bond motifs is 1. The zero-order chi connectivity index (χ0) is 24.2. The van der Waals surface area contributed by atoms with Gasteiger partial charge < -0.3 is 16.0 Å². The van der Waals surface area contributed by atoms with Gasteiger partial charge in [0.05, 0.1) is 23.4 Å². The molecule has 3 aromatic carbocycles. The largest absolute Gasteiger partial charge is 0.354 e. The number of benzene rings is 3. The van der Waals surface area contributed by atoms with Gasteiger partial charge in [-0.15, -0.1) is 0 Å². The normalized spacial score (nSPS) is 13.6. The predicted molar refractivity (Wildman–Crippen MR) is 140 cm³/mol. The molecule has 1 aliphatic rings. The maximum Gasteiger partial charge on any atom is 0.258 e. The maximum absolute atomic E-state index is 13.0. The Morgan fingerprint density at radius 2 is 1.54 bits per heavy atom. The number of hydrogen-bond acceptors (Lipinski definition) is 4. The van der Waals surface area contributed by atoms with Crippen LogP contribution in [0.1, 0.15) is 16.7 Å². The lowest BCUT2D eigenvalue weighted by molar-refractivity contribution is -0.115. The van der Waals surface area contributed by atoms with Gasteiger partial charge in [-0.2, -0.15) is 0 Å². The first-order chi connectivity index (χ1) is 17.1. The molecule has 1 aromatic heterocycles. The summed E-state index contributed by atoms with van der Waals surface area (Å²) in [5.41, 5.74) is 5.91. The van der Waals surface area contributed by atoms with Crippen molar-refractivity contribution in [1.29, 1.82) is 0 Å². The molecule has 35 heavy (non-hydrogen) atoms. The zero-order valence-corrected chi connectivity index (χ0v) is 19.3. The average Bonchev–Trinajstić information content (AvgIpc) is 3.19. The third-order valence-corrected chi connectivity index (χ3v) is 5.83. The van der Waals surface area contributed by atoms with Gasteiger partial charge in [0.15, 0.2) is 0 Å². The lowest BCUT2D eigenvalue weighted by atomic mass is 10.00. The number of anilines is 3. The Balaban J connectivity index is 1.41. The minimum atomic E-state index is -0.200. The summed E-state index contributed by atoms with van der Waals surface area (Å²) in [6, 6.07) is 26.0.